The van der Waals surface area contributed by atoms with Crippen LogP contribution in [0.5, 0.6) is 0 Å². The van der Waals surface area contributed by atoms with Crippen molar-refractivity contribution in [1.29, 1.82) is 0 Å². The van der Waals surface area contributed by atoms with Crippen molar-refractivity contribution in [2.75, 3.05) is 19.6 Å². The molecule has 0 radical (unpaired) electrons. The van der Waals surface area contributed by atoms with Crippen molar-refractivity contribution in [1.82, 2.24) is 4.90 Å². The monoisotopic (exact) mass is 238 g/mol. The van der Waals surface area contributed by atoms with Crippen LogP contribution < -0.4 is 5.73 Å². The first-order valence-corrected chi connectivity index (χ1v) is 7.84. The van der Waals surface area contributed by atoms with Crippen LogP contribution in [0.2, 0.25) is 0 Å². The number of hydrogen-bond donors (Lipinski definition) is 1. The zero-order chi connectivity index (χ0) is 11.9. The summed E-state index contributed by atoms with van der Waals surface area (Å²) < 4.78 is 0. The Hall–Kier alpha value is -0.0800. The zero-order valence-corrected chi connectivity index (χ0v) is 11.4. The summed E-state index contributed by atoms with van der Waals surface area (Å²) in [6, 6.07) is 0.690. The van der Waals surface area contributed by atoms with Gasteiger partial charge in [-0.05, 0) is 44.7 Å². The number of piperidine rings is 1. The van der Waals surface area contributed by atoms with Crippen LogP contribution >= 0.6 is 0 Å². The molecular weight excluding hydrogens is 208 g/mol. The van der Waals surface area contributed by atoms with Crippen molar-refractivity contribution in [3.05, 3.63) is 0 Å². The van der Waals surface area contributed by atoms with E-state index in [1.54, 1.807) is 0 Å². The minimum atomic E-state index is 0.690. The molecule has 100 valence electrons. The van der Waals surface area contributed by atoms with E-state index in [0.29, 0.717) is 6.04 Å². The fraction of sp³-hybridized carbons (Fsp3) is 1.00. The van der Waals surface area contributed by atoms with Gasteiger partial charge in [-0.15, -0.1) is 0 Å². The van der Waals surface area contributed by atoms with Crippen LogP contribution in [0, 0.1) is 5.92 Å². The van der Waals surface area contributed by atoms with Crippen molar-refractivity contribution >= 4 is 0 Å². The molecule has 0 bridgehead atoms. The number of nitrogens with zero attached hydrogens (tertiary/aromatic N) is 1. The number of rotatable bonds is 5. The summed E-state index contributed by atoms with van der Waals surface area (Å²) in [4.78, 5) is 2.66. The second-order valence-electron chi connectivity index (χ2n) is 6.07. The number of likely N-dealkylation sites (tertiary alicyclic amines) is 1. The molecule has 1 aliphatic carbocycles. The molecule has 0 unspecified atom stereocenters. The highest BCUT2D eigenvalue weighted by Gasteiger charge is 2.21. The molecule has 2 aliphatic rings. The van der Waals surface area contributed by atoms with Crippen LogP contribution in [0.4, 0.5) is 0 Å². The van der Waals surface area contributed by atoms with Gasteiger partial charge in [0.25, 0.3) is 0 Å². The summed E-state index contributed by atoms with van der Waals surface area (Å²) in [5, 5.41) is 0. The maximum atomic E-state index is 5.87. The van der Waals surface area contributed by atoms with Crippen molar-refractivity contribution in [2.45, 2.75) is 70.3 Å². The summed E-state index contributed by atoms with van der Waals surface area (Å²) in [5.74, 6) is 1.05. The summed E-state index contributed by atoms with van der Waals surface area (Å²) in [7, 11) is 0. The van der Waals surface area contributed by atoms with Crippen molar-refractivity contribution in [2.24, 2.45) is 11.7 Å². The fourth-order valence-corrected chi connectivity index (χ4v) is 3.68. The Kier molecular flexibility index (Phi) is 5.79. The highest BCUT2D eigenvalue weighted by molar-refractivity contribution is 4.77. The first kappa shape index (κ1) is 13.4. The smallest absolute Gasteiger partial charge is 0.0218 e. The Morgan fingerprint density at radius 3 is 2.47 bits per heavy atom. The van der Waals surface area contributed by atoms with Gasteiger partial charge in [-0.1, -0.05) is 38.5 Å². The van der Waals surface area contributed by atoms with Crippen LogP contribution in [0.3, 0.4) is 0 Å². The average Bonchev–Trinajstić information content (AvgIpc) is 2.40. The van der Waals surface area contributed by atoms with E-state index in [1.165, 1.54) is 77.3 Å². The molecule has 2 fully saturated rings. The predicted molar refractivity (Wildman–Crippen MR) is 74.1 cm³/mol. The minimum absolute atomic E-state index is 0.690. The van der Waals surface area contributed by atoms with Gasteiger partial charge in [-0.2, -0.15) is 0 Å². The van der Waals surface area contributed by atoms with Crippen LogP contribution in [0.25, 0.3) is 0 Å². The SMILES string of the molecule is NC[C@H]1CCCCN1CCCC1CCCCC1. The van der Waals surface area contributed by atoms with E-state index in [4.69, 9.17) is 5.73 Å². The molecule has 2 rings (SSSR count). The molecule has 2 N–H and O–H groups in total. The van der Waals surface area contributed by atoms with Gasteiger partial charge in [0.15, 0.2) is 0 Å². The standard InChI is InChI=1S/C15H30N2/c16-13-15-10-4-5-11-17(15)12-6-9-14-7-2-1-3-8-14/h14-15H,1-13,16H2/t15-/m1/s1. The van der Waals surface area contributed by atoms with E-state index in [9.17, 15) is 0 Å². The van der Waals surface area contributed by atoms with E-state index >= 15 is 0 Å². The maximum absolute atomic E-state index is 5.87. The van der Waals surface area contributed by atoms with Crippen molar-refractivity contribution in [3.63, 3.8) is 0 Å². The molecule has 0 aromatic rings. The summed E-state index contributed by atoms with van der Waals surface area (Å²) in [5.41, 5.74) is 5.87. The fourth-order valence-electron chi connectivity index (χ4n) is 3.68. The van der Waals surface area contributed by atoms with E-state index in [1.807, 2.05) is 0 Å². The molecule has 17 heavy (non-hydrogen) atoms. The highest BCUT2D eigenvalue weighted by atomic mass is 15.2. The zero-order valence-electron chi connectivity index (χ0n) is 11.4. The second-order valence-corrected chi connectivity index (χ2v) is 6.07. The summed E-state index contributed by atoms with van der Waals surface area (Å²) in [6.07, 6.45) is 14.4. The molecule has 2 nitrogen and oxygen atoms in total. The molecule has 1 aliphatic heterocycles. The largest absolute Gasteiger partial charge is 0.329 e. The highest BCUT2D eigenvalue weighted by Crippen LogP contribution is 2.27. The van der Waals surface area contributed by atoms with Gasteiger partial charge in [0, 0.05) is 12.6 Å². The van der Waals surface area contributed by atoms with Gasteiger partial charge in [-0.3, -0.25) is 4.90 Å². The van der Waals surface area contributed by atoms with Gasteiger partial charge in [0.2, 0.25) is 0 Å². The molecule has 0 amide bonds. The van der Waals surface area contributed by atoms with Gasteiger partial charge >= 0.3 is 0 Å². The van der Waals surface area contributed by atoms with Gasteiger partial charge < -0.3 is 5.73 Å². The quantitative estimate of drug-likeness (QED) is 0.797. The second kappa shape index (κ2) is 7.38. The third-order valence-corrected chi connectivity index (χ3v) is 4.80. The molecule has 0 aromatic carbocycles. The molecular formula is C15H30N2. The van der Waals surface area contributed by atoms with E-state index < -0.39 is 0 Å². The molecule has 0 aromatic heterocycles. The molecule has 1 saturated carbocycles. The number of hydrogen-bond acceptors (Lipinski definition) is 2. The minimum Gasteiger partial charge on any atom is -0.329 e. The Balaban J connectivity index is 1.62. The lowest BCUT2D eigenvalue weighted by molar-refractivity contribution is 0.146. The maximum Gasteiger partial charge on any atom is 0.0218 e. The van der Waals surface area contributed by atoms with E-state index in [0.717, 1.165) is 12.5 Å². The predicted octanol–water partition coefficient (Wildman–Crippen LogP) is 3.16. The summed E-state index contributed by atoms with van der Waals surface area (Å²) in [6.45, 7) is 3.47. The Morgan fingerprint density at radius 1 is 0.941 bits per heavy atom. The topological polar surface area (TPSA) is 29.3 Å². The lowest BCUT2D eigenvalue weighted by Gasteiger charge is -2.35. The van der Waals surface area contributed by atoms with Gasteiger partial charge in [0.1, 0.15) is 0 Å². The summed E-state index contributed by atoms with van der Waals surface area (Å²) >= 11 is 0. The van der Waals surface area contributed by atoms with Crippen molar-refractivity contribution in [3.8, 4) is 0 Å². The lowest BCUT2D eigenvalue weighted by atomic mass is 9.86. The normalized spacial score (nSPS) is 28.4. The van der Waals surface area contributed by atoms with Crippen LogP contribution in [-0.2, 0) is 0 Å². The molecule has 2 heteroatoms. The first-order valence-electron chi connectivity index (χ1n) is 7.84. The third-order valence-electron chi connectivity index (χ3n) is 4.80. The van der Waals surface area contributed by atoms with Crippen molar-refractivity contribution < 1.29 is 0 Å². The Bertz CT molecular complexity index is 199. The first-order chi connectivity index (χ1) is 8.40. The Morgan fingerprint density at radius 2 is 1.71 bits per heavy atom. The van der Waals surface area contributed by atoms with Gasteiger partial charge in [-0.25, -0.2) is 0 Å². The van der Waals surface area contributed by atoms with E-state index in [-0.39, 0.29) is 0 Å². The lowest BCUT2D eigenvalue weighted by Crippen LogP contribution is -2.44. The van der Waals surface area contributed by atoms with Gasteiger partial charge in [0.05, 0.1) is 0 Å². The molecule has 1 heterocycles. The molecule has 0 spiro atoms. The van der Waals surface area contributed by atoms with Crippen LogP contribution in [0.1, 0.15) is 64.2 Å². The molecule has 1 atom stereocenters. The van der Waals surface area contributed by atoms with E-state index in [2.05, 4.69) is 4.90 Å². The third kappa shape index (κ3) is 4.26. The number of nitrogens with two attached hydrogens (primary N) is 1. The average molecular weight is 238 g/mol. The van der Waals surface area contributed by atoms with Crippen LogP contribution in [-0.4, -0.2) is 30.6 Å². The van der Waals surface area contributed by atoms with Crippen LogP contribution in [0.15, 0.2) is 0 Å². The molecule has 1 saturated heterocycles. The Labute approximate surface area is 107 Å².